The highest BCUT2D eigenvalue weighted by Gasteiger charge is 2.39. The monoisotopic (exact) mass is 342 g/mol. The van der Waals surface area contributed by atoms with E-state index in [9.17, 15) is 5.11 Å². The van der Waals surface area contributed by atoms with Gasteiger partial charge in [0, 0.05) is 31.6 Å². The highest BCUT2D eigenvalue weighted by molar-refractivity contribution is 5.48. The topological polar surface area (TPSA) is 69.8 Å². The Hall–Kier alpha value is -1.73. The van der Waals surface area contributed by atoms with E-state index in [1.165, 1.54) is 19.3 Å². The molecule has 5 rings (SSSR count). The van der Waals surface area contributed by atoms with Gasteiger partial charge in [0.05, 0.1) is 5.60 Å². The van der Waals surface area contributed by atoms with Gasteiger partial charge in [-0.15, -0.1) is 15.3 Å². The molecule has 2 saturated carbocycles. The third-order valence-electron chi connectivity index (χ3n) is 6.38. The quantitative estimate of drug-likeness (QED) is 0.886. The molecule has 0 spiro atoms. The van der Waals surface area contributed by atoms with Gasteiger partial charge < -0.3 is 10.0 Å². The molecule has 1 saturated heterocycles. The Morgan fingerprint density at radius 2 is 2.00 bits per heavy atom. The summed E-state index contributed by atoms with van der Waals surface area (Å²) in [6.45, 7) is 2.72. The molecule has 1 N–H and O–H groups in total. The number of aromatic nitrogens is 4. The molecule has 134 valence electrons. The molecule has 0 atom stereocenters. The molecule has 0 aromatic carbocycles. The summed E-state index contributed by atoms with van der Waals surface area (Å²) in [7, 11) is 2.13. The third kappa shape index (κ3) is 2.60. The van der Waals surface area contributed by atoms with E-state index in [-0.39, 0.29) is 0 Å². The fraction of sp³-hybridized carbons (Fsp3) is 0.722. The van der Waals surface area contributed by atoms with Crippen LogP contribution in [0.3, 0.4) is 0 Å². The molecule has 3 aliphatic rings. The highest BCUT2D eigenvalue weighted by Crippen LogP contribution is 2.36. The summed E-state index contributed by atoms with van der Waals surface area (Å²) < 4.78 is 1.94. The van der Waals surface area contributed by atoms with Crippen molar-refractivity contribution >= 4 is 11.5 Å². The van der Waals surface area contributed by atoms with Crippen LogP contribution in [-0.4, -0.2) is 68.1 Å². The van der Waals surface area contributed by atoms with Gasteiger partial charge in [0.1, 0.15) is 5.82 Å². The van der Waals surface area contributed by atoms with Crippen LogP contribution in [0.15, 0.2) is 12.1 Å². The Labute approximate surface area is 147 Å². The first-order valence-electron chi connectivity index (χ1n) is 9.51. The van der Waals surface area contributed by atoms with Crippen LogP contribution < -0.4 is 4.90 Å². The molecule has 1 aliphatic heterocycles. The van der Waals surface area contributed by atoms with Gasteiger partial charge >= 0.3 is 0 Å². The van der Waals surface area contributed by atoms with Crippen molar-refractivity contribution in [2.75, 3.05) is 31.6 Å². The zero-order valence-electron chi connectivity index (χ0n) is 14.8. The molecule has 25 heavy (non-hydrogen) atoms. The van der Waals surface area contributed by atoms with Crippen LogP contribution in [0.5, 0.6) is 0 Å². The second-order valence-electron chi connectivity index (χ2n) is 8.20. The summed E-state index contributed by atoms with van der Waals surface area (Å²) in [5.74, 6) is 2.54. The number of hydrogen-bond acceptors (Lipinski definition) is 6. The molecule has 7 nitrogen and oxygen atoms in total. The fourth-order valence-corrected chi connectivity index (χ4v) is 4.14. The van der Waals surface area contributed by atoms with Crippen molar-refractivity contribution in [3.8, 4) is 0 Å². The van der Waals surface area contributed by atoms with Crippen LogP contribution in [0.1, 0.15) is 50.3 Å². The maximum absolute atomic E-state index is 10.4. The van der Waals surface area contributed by atoms with E-state index in [0.717, 1.165) is 56.2 Å². The van der Waals surface area contributed by atoms with Gasteiger partial charge in [0.15, 0.2) is 11.5 Å². The van der Waals surface area contributed by atoms with E-state index in [4.69, 9.17) is 5.10 Å². The lowest BCUT2D eigenvalue weighted by atomic mass is 9.79. The molecule has 2 aromatic rings. The van der Waals surface area contributed by atoms with Gasteiger partial charge in [-0.1, -0.05) is 6.42 Å². The first-order valence-corrected chi connectivity index (χ1v) is 9.51. The summed E-state index contributed by atoms with van der Waals surface area (Å²) in [5.41, 5.74) is 0.402. The number of hydrogen-bond donors (Lipinski definition) is 1. The number of anilines is 1. The summed E-state index contributed by atoms with van der Waals surface area (Å²) in [5, 5.41) is 23.8. The van der Waals surface area contributed by atoms with Gasteiger partial charge in [0.2, 0.25) is 0 Å². The largest absolute Gasteiger partial charge is 0.389 e. The van der Waals surface area contributed by atoms with Gasteiger partial charge in [0.25, 0.3) is 0 Å². The predicted octanol–water partition coefficient (Wildman–Crippen LogP) is 1.43. The maximum Gasteiger partial charge on any atom is 0.178 e. The Morgan fingerprint density at radius 3 is 2.64 bits per heavy atom. The molecule has 2 aromatic heterocycles. The van der Waals surface area contributed by atoms with Gasteiger partial charge in [-0.05, 0) is 51.3 Å². The minimum Gasteiger partial charge on any atom is -0.389 e. The van der Waals surface area contributed by atoms with Gasteiger partial charge in [-0.3, -0.25) is 4.90 Å². The fourth-order valence-electron chi connectivity index (χ4n) is 4.14. The first kappa shape index (κ1) is 15.5. The van der Waals surface area contributed by atoms with Crippen molar-refractivity contribution < 1.29 is 5.11 Å². The zero-order chi connectivity index (χ0) is 17.0. The minimum atomic E-state index is -0.438. The Morgan fingerprint density at radius 1 is 1.20 bits per heavy atom. The standard InChI is InChI=1S/C18H26N6O/c1-22(12-18(25)8-3-9-18)14-10-23(11-14)16-7-6-15-19-20-17(24(15)21-16)13-4-2-5-13/h6-7,13-14,25H,2-5,8-12H2,1H3. The smallest absolute Gasteiger partial charge is 0.178 e. The number of rotatable bonds is 5. The Balaban J connectivity index is 1.27. The molecule has 0 amide bonds. The first-order chi connectivity index (χ1) is 12.1. The third-order valence-corrected chi connectivity index (χ3v) is 6.38. The molecule has 3 fully saturated rings. The molecule has 7 heteroatoms. The lowest BCUT2D eigenvalue weighted by Gasteiger charge is -2.48. The van der Waals surface area contributed by atoms with E-state index in [1.54, 1.807) is 0 Å². The Bertz CT molecular complexity index is 775. The molecule has 0 unspecified atom stereocenters. The van der Waals surface area contributed by atoms with E-state index in [0.29, 0.717) is 12.0 Å². The van der Waals surface area contributed by atoms with Crippen LogP contribution >= 0.6 is 0 Å². The van der Waals surface area contributed by atoms with Crippen LogP contribution in [0.25, 0.3) is 5.65 Å². The average Bonchev–Trinajstić information content (AvgIpc) is 2.86. The molecular weight excluding hydrogens is 316 g/mol. The molecular formula is C18H26N6O. The second-order valence-corrected chi connectivity index (χ2v) is 8.20. The van der Waals surface area contributed by atoms with Crippen molar-refractivity contribution in [2.45, 2.75) is 56.1 Å². The normalized spacial score (nSPS) is 23.6. The SMILES string of the molecule is CN(CC1(O)CCC1)C1CN(c2ccc3nnc(C4CCC4)n3n2)C1. The van der Waals surface area contributed by atoms with Crippen molar-refractivity contribution in [3.05, 3.63) is 18.0 Å². The summed E-state index contributed by atoms with van der Waals surface area (Å²) >= 11 is 0. The van der Waals surface area contributed by atoms with Crippen LogP contribution in [-0.2, 0) is 0 Å². The minimum absolute atomic E-state index is 0.438. The van der Waals surface area contributed by atoms with Crippen molar-refractivity contribution in [2.24, 2.45) is 0 Å². The van der Waals surface area contributed by atoms with Crippen molar-refractivity contribution in [1.29, 1.82) is 0 Å². The van der Waals surface area contributed by atoms with Crippen LogP contribution in [0.2, 0.25) is 0 Å². The van der Waals surface area contributed by atoms with Crippen molar-refractivity contribution in [3.63, 3.8) is 0 Å². The Kier molecular flexibility index (Phi) is 3.50. The summed E-state index contributed by atoms with van der Waals surface area (Å²) in [6.07, 6.45) is 6.74. The molecule has 3 heterocycles. The number of nitrogens with zero attached hydrogens (tertiary/aromatic N) is 6. The highest BCUT2D eigenvalue weighted by atomic mass is 16.3. The van der Waals surface area contributed by atoms with E-state index < -0.39 is 5.60 Å². The lowest BCUT2D eigenvalue weighted by molar-refractivity contribution is -0.0629. The van der Waals surface area contributed by atoms with Gasteiger partial charge in [-0.2, -0.15) is 4.52 Å². The molecule has 0 bridgehead atoms. The average molecular weight is 342 g/mol. The van der Waals surface area contributed by atoms with E-state index >= 15 is 0 Å². The molecule has 0 radical (unpaired) electrons. The maximum atomic E-state index is 10.4. The van der Waals surface area contributed by atoms with E-state index in [2.05, 4.69) is 27.0 Å². The van der Waals surface area contributed by atoms with Crippen LogP contribution in [0.4, 0.5) is 5.82 Å². The number of fused-ring (bicyclic) bond motifs is 1. The van der Waals surface area contributed by atoms with Crippen molar-refractivity contribution in [1.82, 2.24) is 24.7 Å². The van der Waals surface area contributed by atoms with Gasteiger partial charge in [-0.25, -0.2) is 0 Å². The second kappa shape index (κ2) is 5.64. The lowest BCUT2D eigenvalue weighted by Crippen LogP contribution is -2.62. The van der Waals surface area contributed by atoms with Crippen LogP contribution in [0, 0.1) is 0 Å². The number of likely N-dealkylation sites (N-methyl/N-ethyl adjacent to an activating group) is 1. The predicted molar refractivity (Wildman–Crippen MR) is 94.8 cm³/mol. The summed E-state index contributed by atoms with van der Waals surface area (Å²) in [6, 6.07) is 4.56. The molecule has 2 aliphatic carbocycles. The summed E-state index contributed by atoms with van der Waals surface area (Å²) in [4.78, 5) is 4.61. The zero-order valence-corrected chi connectivity index (χ0v) is 14.8. The van der Waals surface area contributed by atoms with E-state index in [1.807, 2.05) is 16.6 Å². The number of aliphatic hydroxyl groups is 1.